The third-order valence-corrected chi connectivity index (χ3v) is 5.51. The van der Waals surface area contributed by atoms with Gasteiger partial charge < -0.3 is 39.4 Å². The number of rotatable bonds is 21. The van der Waals surface area contributed by atoms with Crippen molar-refractivity contribution >= 4 is 5.97 Å². The zero-order valence-corrected chi connectivity index (χ0v) is 23.1. The summed E-state index contributed by atoms with van der Waals surface area (Å²) in [6.45, 7) is 7.28. The van der Waals surface area contributed by atoms with Gasteiger partial charge in [-0.1, -0.05) is 30.8 Å². The molecule has 0 spiro atoms. The van der Waals surface area contributed by atoms with Gasteiger partial charge in [0, 0.05) is 66.2 Å². The van der Waals surface area contributed by atoms with Crippen molar-refractivity contribution < 1.29 is 44.2 Å². The van der Waals surface area contributed by atoms with Gasteiger partial charge >= 0.3 is 5.97 Å². The molecule has 0 saturated heterocycles. The maximum absolute atomic E-state index is 11.7. The van der Waals surface area contributed by atoms with Crippen LogP contribution in [-0.2, 0) is 36.8 Å². The zero-order valence-electron chi connectivity index (χ0n) is 23.1. The van der Waals surface area contributed by atoms with E-state index in [0.717, 1.165) is 11.1 Å². The van der Waals surface area contributed by atoms with Crippen LogP contribution < -0.4 is 0 Å². The van der Waals surface area contributed by atoms with Gasteiger partial charge in [0.2, 0.25) is 0 Å². The first kappa shape index (κ1) is 34.1. The minimum absolute atomic E-state index is 0.139. The molecule has 0 bridgehead atoms. The quantitative estimate of drug-likeness (QED) is 0.121. The number of hydrogen-bond acceptors (Lipinski definition) is 11. The molecule has 0 amide bonds. The SMILES string of the molecule is C=C(C)C(=O)OCC(O)CN(Cc1cccc(CN(CC(O)COC)CC(O)COC)c1)CC(O)COC. The van der Waals surface area contributed by atoms with E-state index >= 15 is 0 Å². The fourth-order valence-electron chi connectivity index (χ4n) is 4.03. The normalized spacial score (nSPS) is 14.9. The molecule has 0 aliphatic rings. The molecule has 38 heavy (non-hydrogen) atoms. The summed E-state index contributed by atoms with van der Waals surface area (Å²) in [7, 11) is 4.54. The lowest BCUT2D eigenvalue weighted by atomic mass is 10.1. The highest BCUT2D eigenvalue weighted by Gasteiger charge is 2.19. The Hall–Kier alpha value is -1.93. The van der Waals surface area contributed by atoms with Gasteiger partial charge in [0.15, 0.2) is 0 Å². The highest BCUT2D eigenvalue weighted by Crippen LogP contribution is 2.13. The van der Waals surface area contributed by atoms with E-state index in [1.165, 1.54) is 28.3 Å². The minimum Gasteiger partial charge on any atom is -0.460 e. The highest BCUT2D eigenvalue weighted by atomic mass is 16.5. The molecule has 4 unspecified atom stereocenters. The van der Waals surface area contributed by atoms with Crippen molar-refractivity contribution in [1.29, 1.82) is 0 Å². The van der Waals surface area contributed by atoms with Gasteiger partial charge in [0.05, 0.1) is 38.1 Å². The van der Waals surface area contributed by atoms with Crippen molar-refractivity contribution in [2.45, 2.75) is 44.4 Å². The fourth-order valence-corrected chi connectivity index (χ4v) is 4.03. The first-order valence-electron chi connectivity index (χ1n) is 12.6. The van der Waals surface area contributed by atoms with E-state index in [9.17, 15) is 25.2 Å². The molecule has 4 atom stereocenters. The number of ether oxygens (including phenoxy) is 4. The van der Waals surface area contributed by atoms with Crippen LogP contribution in [0.3, 0.4) is 0 Å². The molecule has 0 aromatic heterocycles. The molecule has 0 saturated carbocycles. The summed E-state index contributed by atoms with van der Waals surface area (Å²) in [6, 6.07) is 7.81. The highest BCUT2D eigenvalue weighted by molar-refractivity contribution is 5.86. The van der Waals surface area contributed by atoms with Crippen LogP contribution in [0.4, 0.5) is 0 Å². The number of hydrogen-bond donors (Lipinski definition) is 4. The Morgan fingerprint density at radius 2 is 1.13 bits per heavy atom. The van der Waals surface area contributed by atoms with Crippen LogP contribution >= 0.6 is 0 Å². The second kappa shape index (κ2) is 19.2. The number of carbonyl (C=O) groups is 1. The monoisotopic (exact) mass is 542 g/mol. The molecule has 0 fully saturated rings. The molecule has 1 aromatic carbocycles. The summed E-state index contributed by atoms with van der Waals surface area (Å²) in [4.78, 5) is 15.5. The third kappa shape index (κ3) is 14.9. The minimum atomic E-state index is -0.962. The molecule has 0 radical (unpaired) electrons. The van der Waals surface area contributed by atoms with Crippen LogP contribution in [0.1, 0.15) is 18.1 Å². The summed E-state index contributed by atoms with van der Waals surface area (Å²) < 4.78 is 20.2. The van der Waals surface area contributed by atoms with Crippen molar-refractivity contribution in [3.8, 4) is 0 Å². The van der Waals surface area contributed by atoms with Crippen LogP contribution in [0.25, 0.3) is 0 Å². The van der Waals surface area contributed by atoms with Gasteiger partial charge in [-0.3, -0.25) is 9.80 Å². The second-order valence-corrected chi connectivity index (χ2v) is 9.57. The predicted octanol–water partition coefficient (Wildman–Crippen LogP) is -0.207. The average molecular weight is 543 g/mol. The second-order valence-electron chi connectivity index (χ2n) is 9.57. The Morgan fingerprint density at radius 3 is 1.47 bits per heavy atom. The van der Waals surface area contributed by atoms with Crippen molar-refractivity contribution in [2.24, 2.45) is 0 Å². The Morgan fingerprint density at radius 1 is 0.763 bits per heavy atom. The summed E-state index contributed by atoms with van der Waals surface area (Å²) in [6.07, 6.45) is -3.16. The van der Waals surface area contributed by atoms with Crippen molar-refractivity contribution in [3.63, 3.8) is 0 Å². The van der Waals surface area contributed by atoms with Gasteiger partial charge in [-0.05, 0) is 18.1 Å². The molecule has 0 heterocycles. The van der Waals surface area contributed by atoms with E-state index in [4.69, 9.17) is 18.9 Å². The van der Waals surface area contributed by atoms with Crippen molar-refractivity contribution in [2.75, 3.05) is 73.9 Å². The summed E-state index contributed by atoms with van der Waals surface area (Å²) in [5.41, 5.74) is 2.15. The van der Waals surface area contributed by atoms with E-state index in [1.807, 2.05) is 34.1 Å². The molecular weight excluding hydrogens is 496 g/mol. The number of esters is 1. The van der Waals surface area contributed by atoms with E-state index in [1.54, 1.807) is 0 Å². The zero-order chi connectivity index (χ0) is 28.5. The maximum atomic E-state index is 11.7. The van der Waals surface area contributed by atoms with Crippen LogP contribution in [0.2, 0.25) is 0 Å². The standard InChI is InChI=1S/C27H46N2O9/c1-20(2)27(34)38-19-26(33)15-29(14-25(32)18-37-5)11-22-8-6-7-21(9-22)10-28(12-23(30)16-35-3)13-24(31)17-36-4/h6-9,23-26,30-33H,1,10-19H2,2-5H3. The number of carbonyl (C=O) groups excluding carboxylic acids is 1. The molecule has 4 N–H and O–H groups in total. The van der Waals surface area contributed by atoms with Gasteiger partial charge in [0.1, 0.15) is 12.7 Å². The Labute approximate surface area is 226 Å². The third-order valence-electron chi connectivity index (χ3n) is 5.51. The first-order valence-corrected chi connectivity index (χ1v) is 12.6. The molecule has 218 valence electrons. The lowest BCUT2D eigenvalue weighted by molar-refractivity contribution is -0.142. The van der Waals surface area contributed by atoms with Crippen molar-refractivity contribution in [3.05, 3.63) is 47.5 Å². The Bertz CT molecular complexity index is 797. The lowest BCUT2D eigenvalue weighted by Crippen LogP contribution is -2.41. The Kier molecular flexibility index (Phi) is 17.2. The van der Waals surface area contributed by atoms with Crippen LogP contribution in [0, 0.1) is 0 Å². The summed E-state index contributed by atoms with van der Waals surface area (Å²) in [5.74, 6) is -0.571. The molecule has 0 aliphatic carbocycles. The molecule has 1 aromatic rings. The number of methoxy groups -OCH3 is 3. The molecular formula is C27H46N2O9. The van der Waals surface area contributed by atoms with Gasteiger partial charge in [-0.25, -0.2) is 4.79 Å². The van der Waals surface area contributed by atoms with E-state index in [2.05, 4.69) is 6.58 Å². The van der Waals surface area contributed by atoms with Crippen LogP contribution in [0.5, 0.6) is 0 Å². The number of aliphatic hydroxyl groups is 4. The number of aliphatic hydroxyl groups excluding tert-OH is 4. The molecule has 11 nitrogen and oxygen atoms in total. The molecule has 1 rings (SSSR count). The predicted molar refractivity (Wildman–Crippen MR) is 142 cm³/mol. The first-order chi connectivity index (χ1) is 18.1. The smallest absolute Gasteiger partial charge is 0.333 e. The van der Waals surface area contributed by atoms with Crippen LogP contribution in [-0.4, -0.2) is 135 Å². The van der Waals surface area contributed by atoms with E-state index in [-0.39, 0.29) is 45.1 Å². The fraction of sp³-hybridized carbons (Fsp3) is 0.667. The van der Waals surface area contributed by atoms with Crippen molar-refractivity contribution in [1.82, 2.24) is 9.80 Å². The average Bonchev–Trinajstić information content (AvgIpc) is 2.83. The summed E-state index contributed by atoms with van der Waals surface area (Å²) in [5, 5.41) is 41.3. The maximum Gasteiger partial charge on any atom is 0.333 e. The van der Waals surface area contributed by atoms with Crippen LogP contribution in [0.15, 0.2) is 36.4 Å². The van der Waals surface area contributed by atoms with Gasteiger partial charge in [-0.15, -0.1) is 0 Å². The number of nitrogens with zero attached hydrogens (tertiary/aromatic N) is 2. The molecule has 0 aliphatic heterocycles. The summed E-state index contributed by atoms with van der Waals surface area (Å²) >= 11 is 0. The van der Waals surface area contributed by atoms with E-state index < -0.39 is 30.4 Å². The largest absolute Gasteiger partial charge is 0.460 e. The topological polar surface area (TPSA) is 141 Å². The van der Waals surface area contributed by atoms with Gasteiger partial charge in [0.25, 0.3) is 0 Å². The van der Waals surface area contributed by atoms with Gasteiger partial charge in [-0.2, -0.15) is 0 Å². The lowest BCUT2D eigenvalue weighted by Gasteiger charge is -2.28. The number of benzene rings is 1. The molecule has 11 heteroatoms. The Balaban J connectivity index is 2.95. The van der Waals surface area contributed by atoms with E-state index in [0.29, 0.717) is 26.2 Å².